The van der Waals surface area contributed by atoms with Gasteiger partial charge < -0.3 is 9.47 Å². The fraction of sp³-hybridized carbons (Fsp3) is 0.241. The molecule has 2 amide bonds. The molecule has 198 valence electrons. The number of hydrogen-bond acceptors (Lipinski definition) is 5. The minimum Gasteiger partial charge on any atom is -0.491 e. The topological polar surface area (TPSA) is 55.8 Å². The van der Waals surface area contributed by atoms with Crippen LogP contribution in [0.5, 0.6) is 11.5 Å². The lowest BCUT2D eigenvalue weighted by Crippen LogP contribution is -2.32. The van der Waals surface area contributed by atoms with Gasteiger partial charge in [-0.3, -0.25) is 14.5 Å². The van der Waals surface area contributed by atoms with Crippen LogP contribution in [-0.4, -0.2) is 29.2 Å². The van der Waals surface area contributed by atoms with Gasteiger partial charge in [0.25, 0.3) is 11.1 Å². The van der Waals surface area contributed by atoms with Gasteiger partial charge in [-0.1, -0.05) is 49.7 Å². The summed E-state index contributed by atoms with van der Waals surface area (Å²) in [5, 5.41) is 0.364. The largest absolute Gasteiger partial charge is 0.491 e. The fourth-order valence-electron chi connectivity index (χ4n) is 3.87. The van der Waals surface area contributed by atoms with Crippen molar-refractivity contribution in [3.63, 3.8) is 0 Å². The van der Waals surface area contributed by atoms with E-state index in [1.54, 1.807) is 6.08 Å². The monoisotopic (exact) mass is 677 g/mol. The molecule has 0 aromatic heterocycles. The third-order valence-corrected chi connectivity index (χ3v) is 8.19. The van der Waals surface area contributed by atoms with E-state index >= 15 is 0 Å². The molecule has 0 spiro atoms. The van der Waals surface area contributed by atoms with E-state index in [-0.39, 0.29) is 24.3 Å². The first kappa shape index (κ1) is 28.7. The quantitative estimate of drug-likeness (QED) is 0.211. The number of imide groups is 1. The van der Waals surface area contributed by atoms with Crippen molar-refractivity contribution in [2.45, 2.75) is 33.3 Å². The Morgan fingerprint density at radius 3 is 2.34 bits per heavy atom. The van der Waals surface area contributed by atoms with Gasteiger partial charge in [-0.05, 0) is 115 Å². The molecule has 1 aliphatic heterocycles. The van der Waals surface area contributed by atoms with Gasteiger partial charge in [0, 0.05) is 5.02 Å². The molecule has 0 aliphatic carbocycles. The minimum atomic E-state index is -0.327. The Hall–Kier alpha value is -2.26. The van der Waals surface area contributed by atoms with E-state index in [9.17, 15) is 9.59 Å². The molecule has 3 aromatic carbocycles. The number of nitrogens with zero attached hydrogens (tertiary/aromatic N) is 1. The second-order valence-electron chi connectivity index (χ2n) is 9.11. The van der Waals surface area contributed by atoms with Gasteiger partial charge in [0.2, 0.25) is 0 Å². The number of carbonyl (C=O) groups is 2. The Balaban J connectivity index is 1.41. The van der Waals surface area contributed by atoms with Crippen LogP contribution in [0.1, 0.15) is 42.0 Å². The van der Waals surface area contributed by atoms with Crippen LogP contribution in [-0.2, 0) is 11.4 Å². The van der Waals surface area contributed by atoms with E-state index in [2.05, 4.69) is 57.8 Å². The third kappa shape index (κ3) is 7.03. The predicted octanol–water partition coefficient (Wildman–Crippen LogP) is 8.99. The Labute approximate surface area is 248 Å². The highest BCUT2D eigenvalue weighted by molar-refractivity contribution is 9.11. The van der Waals surface area contributed by atoms with Gasteiger partial charge in [-0.15, -0.1) is 0 Å². The summed E-state index contributed by atoms with van der Waals surface area (Å²) >= 11 is 14.0. The maximum absolute atomic E-state index is 13.0. The van der Waals surface area contributed by atoms with Crippen molar-refractivity contribution in [1.82, 2.24) is 4.90 Å². The molecule has 0 unspecified atom stereocenters. The maximum atomic E-state index is 13.0. The Morgan fingerprint density at radius 2 is 1.68 bits per heavy atom. The van der Waals surface area contributed by atoms with E-state index < -0.39 is 0 Å². The maximum Gasteiger partial charge on any atom is 0.293 e. The predicted molar refractivity (Wildman–Crippen MR) is 161 cm³/mol. The Morgan fingerprint density at radius 1 is 1.00 bits per heavy atom. The van der Waals surface area contributed by atoms with Crippen molar-refractivity contribution in [1.29, 1.82) is 0 Å². The zero-order valence-corrected chi connectivity index (χ0v) is 25.8. The van der Waals surface area contributed by atoms with E-state index in [4.69, 9.17) is 21.1 Å². The van der Waals surface area contributed by atoms with Crippen LogP contribution in [0.4, 0.5) is 4.79 Å². The van der Waals surface area contributed by atoms with Crippen molar-refractivity contribution < 1.29 is 19.1 Å². The van der Waals surface area contributed by atoms with Gasteiger partial charge in [-0.25, -0.2) is 0 Å². The molecule has 9 heteroatoms. The normalized spacial score (nSPS) is 14.6. The second kappa shape index (κ2) is 12.7. The first-order valence-electron chi connectivity index (χ1n) is 12.0. The number of rotatable bonds is 9. The summed E-state index contributed by atoms with van der Waals surface area (Å²) in [6.45, 7) is 6.99. The third-order valence-electron chi connectivity index (χ3n) is 5.85. The Kier molecular flexibility index (Phi) is 9.63. The average molecular weight is 680 g/mol. The highest BCUT2D eigenvalue weighted by atomic mass is 79.9. The number of thioether (sulfide) groups is 1. The van der Waals surface area contributed by atoms with Crippen LogP contribution in [0.25, 0.3) is 6.08 Å². The smallest absolute Gasteiger partial charge is 0.293 e. The number of halogens is 3. The second-order valence-corrected chi connectivity index (χ2v) is 12.2. The lowest BCUT2D eigenvalue weighted by atomic mass is 10.0. The van der Waals surface area contributed by atoms with Crippen molar-refractivity contribution in [2.75, 3.05) is 13.2 Å². The molecule has 0 saturated carbocycles. The molecule has 4 rings (SSSR count). The van der Waals surface area contributed by atoms with Crippen LogP contribution in [0.2, 0.25) is 5.02 Å². The van der Waals surface area contributed by atoms with Gasteiger partial charge in [-0.2, -0.15) is 0 Å². The van der Waals surface area contributed by atoms with E-state index in [0.717, 1.165) is 48.7 Å². The summed E-state index contributed by atoms with van der Waals surface area (Å²) in [6.07, 6.45) is 1.71. The van der Waals surface area contributed by atoms with Crippen LogP contribution in [0.3, 0.4) is 0 Å². The Bertz CT molecular complexity index is 1370. The summed E-state index contributed by atoms with van der Waals surface area (Å²) in [5.74, 6) is 1.40. The highest BCUT2D eigenvalue weighted by Crippen LogP contribution is 2.38. The number of benzene rings is 3. The molecule has 0 radical (unpaired) electrons. The molecular formula is C29H26Br2ClNO4S. The summed E-state index contributed by atoms with van der Waals surface area (Å²) in [7, 11) is 0. The molecule has 3 aromatic rings. The average Bonchev–Trinajstić information content (AvgIpc) is 3.11. The lowest BCUT2D eigenvalue weighted by molar-refractivity contribution is -0.123. The van der Waals surface area contributed by atoms with E-state index in [0.29, 0.717) is 28.2 Å². The van der Waals surface area contributed by atoms with Gasteiger partial charge in [0.1, 0.15) is 24.7 Å². The van der Waals surface area contributed by atoms with Crippen molar-refractivity contribution >= 4 is 72.4 Å². The molecule has 38 heavy (non-hydrogen) atoms. The zero-order valence-electron chi connectivity index (χ0n) is 21.1. The first-order chi connectivity index (χ1) is 18.1. The number of aryl methyl sites for hydroxylation is 1. The lowest BCUT2D eigenvalue weighted by Gasteiger charge is -2.17. The van der Waals surface area contributed by atoms with Crippen molar-refractivity contribution in [2.24, 2.45) is 0 Å². The van der Waals surface area contributed by atoms with Crippen LogP contribution < -0.4 is 9.47 Å². The number of hydrogen-bond donors (Lipinski definition) is 0. The molecular weight excluding hydrogens is 654 g/mol. The molecule has 1 heterocycles. The summed E-state index contributed by atoms with van der Waals surface area (Å²) in [4.78, 5) is 27.2. The molecule has 0 atom stereocenters. The van der Waals surface area contributed by atoms with Crippen LogP contribution >= 0.6 is 55.2 Å². The molecule has 1 fully saturated rings. The summed E-state index contributed by atoms with van der Waals surface area (Å²) in [5.41, 5.74) is 3.93. The van der Waals surface area contributed by atoms with Gasteiger partial charge >= 0.3 is 0 Å². The number of carbonyl (C=O) groups excluding carboxylic acids is 2. The first-order valence-corrected chi connectivity index (χ1v) is 14.8. The van der Waals surface area contributed by atoms with Crippen molar-refractivity contribution in [3.8, 4) is 11.5 Å². The van der Waals surface area contributed by atoms with Gasteiger partial charge in [0.15, 0.2) is 0 Å². The molecule has 1 aliphatic rings. The van der Waals surface area contributed by atoms with E-state index in [1.165, 1.54) is 4.90 Å². The van der Waals surface area contributed by atoms with E-state index in [1.807, 2.05) is 49.4 Å². The summed E-state index contributed by atoms with van der Waals surface area (Å²) < 4.78 is 13.4. The highest BCUT2D eigenvalue weighted by Gasteiger charge is 2.35. The van der Waals surface area contributed by atoms with Crippen LogP contribution in [0, 0.1) is 6.92 Å². The zero-order chi connectivity index (χ0) is 27.4. The SMILES string of the molecule is Cc1ccc(C(C)C)c(OCCN2C(=O)S/C(=C\c3cc(Br)c(OCc4ccc(Cl)cc4)c(Br)c3)C2=O)c1. The number of amides is 2. The van der Waals surface area contributed by atoms with Crippen LogP contribution in [0.15, 0.2) is 68.4 Å². The standard InChI is InChI=1S/C29H26Br2ClNO4S/c1-17(2)22-9-4-18(3)12-25(22)36-11-10-33-28(34)26(38-29(33)35)15-20-13-23(30)27(24(31)14-20)37-16-19-5-7-21(32)8-6-19/h4-9,12-15,17H,10-11,16H2,1-3H3/b26-15-. The molecule has 5 nitrogen and oxygen atoms in total. The molecule has 0 bridgehead atoms. The molecule has 1 saturated heterocycles. The minimum absolute atomic E-state index is 0.179. The fourth-order valence-corrected chi connectivity index (χ4v) is 6.31. The van der Waals surface area contributed by atoms with Gasteiger partial charge in [0.05, 0.1) is 20.4 Å². The van der Waals surface area contributed by atoms with Crippen molar-refractivity contribution in [3.05, 3.63) is 95.7 Å². The number of ether oxygens (including phenoxy) is 2. The summed E-state index contributed by atoms with van der Waals surface area (Å²) in [6, 6.07) is 17.3. The molecule has 0 N–H and O–H groups in total.